The zero-order valence-corrected chi connectivity index (χ0v) is 14.4. The third-order valence-electron chi connectivity index (χ3n) is 3.63. The van der Waals surface area contributed by atoms with Gasteiger partial charge in [0, 0.05) is 0 Å². The van der Waals surface area contributed by atoms with Gasteiger partial charge >= 0.3 is 0 Å². The van der Waals surface area contributed by atoms with Crippen molar-refractivity contribution in [1.82, 2.24) is 0 Å². The molecular weight excluding hydrogens is 272 g/mol. The Bertz CT molecular complexity index is 573. The fourth-order valence-electron chi connectivity index (χ4n) is 2.13. The van der Waals surface area contributed by atoms with Crippen molar-refractivity contribution in [3.63, 3.8) is 0 Å². The molecule has 0 aromatic heterocycles. The highest BCUT2D eigenvalue weighted by Crippen LogP contribution is 2.28. The van der Waals surface area contributed by atoms with Crippen molar-refractivity contribution in [2.45, 2.75) is 52.4 Å². The van der Waals surface area contributed by atoms with Crippen LogP contribution < -0.4 is 9.78 Å². The molecule has 0 heterocycles. The molecule has 0 N–H and O–H groups in total. The Morgan fingerprint density at radius 3 is 1.27 bits per heavy atom. The van der Waals surface area contributed by atoms with E-state index in [4.69, 9.17) is 9.78 Å². The summed E-state index contributed by atoms with van der Waals surface area (Å²) in [7, 11) is 0. The molecule has 2 rings (SSSR count). The van der Waals surface area contributed by atoms with E-state index in [0.717, 1.165) is 0 Å². The second kappa shape index (κ2) is 6.04. The van der Waals surface area contributed by atoms with Gasteiger partial charge in [-0.05, 0) is 46.2 Å². The van der Waals surface area contributed by atoms with Crippen LogP contribution in [0.5, 0.6) is 11.5 Å². The predicted molar refractivity (Wildman–Crippen MR) is 91.5 cm³/mol. The summed E-state index contributed by atoms with van der Waals surface area (Å²) in [5.74, 6) is 1.43. The molecule has 0 saturated heterocycles. The van der Waals surface area contributed by atoms with Crippen LogP contribution in [-0.4, -0.2) is 0 Å². The smallest absolute Gasteiger partial charge is 0.178 e. The molecule has 0 aliphatic rings. The maximum atomic E-state index is 5.50. The van der Waals surface area contributed by atoms with Crippen LogP contribution >= 0.6 is 0 Å². The third-order valence-corrected chi connectivity index (χ3v) is 3.63. The standard InChI is InChI=1S/C20H26O2/c1-19(2,3)15-9-7-11-17(13-15)21-22-18-12-8-10-16(14-18)20(4,5)6/h7-14H,1-6H3. The van der Waals surface area contributed by atoms with E-state index < -0.39 is 0 Å². The van der Waals surface area contributed by atoms with Crippen LogP contribution in [0.25, 0.3) is 0 Å². The summed E-state index contributed by atoms with van der Waals surface area (Å²) in [6.45, 7) is 13.1. The van der Waals surface area contributed by atoms with Crippen LogP contribution in [0.2, 0.25) is 0 Å². The van der Waals surface area contributed by atoms with Crippen molar-refractivity contribution in [3.05, 3.63) is 59.7 Å². The predicted octanol–water partition coefficient (Wildman–Crippen LogP) is 5.65. The van der Waals surface area contributed by atoms with Gasteiger partial charge in [-0.1, -0.05) is 65.8 Å². The van der Waals surface area contributed by atoms with E-state index in [1.165, 1.54) is 11.1 Å². The van der Waals surface area contributed by atoms with Crippen molar-refractivity contribution >= 4 is 0 Å². The van der Waals surface area contributed by atoms with Gasteiger partial charge in [0.05, 0.1) is 0 Å². The average molecular weight is 298 g/mol. The summed E-state index contributed by atoms with van der Waals surface area (Å²) in [6.07, 6.45) is 0. The third kappa shape index (κ3) is 4.27. The molecule has 2 heteroatoms. The van der Waals surface area contributed by atoms with Gasteiger partial charge in [0.1, 0.15) is 0 Å². The molecule has 0 radical (unpaired) electrons. The average Bonchev–Trinajstić information content (AvgIpc) is 2.44. The lowest BCUT2D eigenvalue weighted by molar-refractivity contribution is -0.100. The van der Waals surface area contributed by atoms with Crippen molar-refractivity contribution < 1.29 is 9.78 Å². The number of benzene rings is 2. The number of hydrogen-bond donors (Lipinski definition) is 0. The number of rotatable bonds is 3. The van der Waals surface area contributed by atoms with E-state index in [-0.39, 0.29) is 10.8 Å². The van der Waals surface area contributed by atoms with Crippen molar-refractivity contribution in [2.24, 2.45) is 0 Å². The fourth-order valence-corrected chi connectivity index (χ4v) is 2.13. The van der Waals surface area contributed by atoms with Crippen molar-refractivity contribution in [2.75, 3.05) is 0 Å². The second-order valence-corrected chi connectivity index (χ2v) is 7.72. The molecule has 0 fully saturated rings. The lowest BCUT2D eigenvalue weighted by atomic mass is 9.87. The molecule has 0 saturated carbocycles. The van der Waals surface area contributed by atoms with E-state index in [9.17, 15) is 0 Å². The summed E-state index contributed by atoms with van der Waals surface area (Å²) < 4.78 is 0. The van der Waals surface area contributed by atoms with E-state index >= 15 is 0 Å². The second-order valence-electron chi connectivity index (χ2n) is 7.72. The Hall–Kier alpha value is -1.96. The first-order valence-electron chi connectivity index (χ1n) is 7.72. The van der Waals surface area contributed by atoms with Crippen LogP contribution in [-0.2, 0) is 10.8 Å². The van der Waals surface area contributed by atoms with Gasteiger partial charge in [0.15, 0.2) is 11.5 Å². The zero-order chi connectivity index (χ0) is 16.4. The van der Waals surface area contributed by atoms with Gasteiger partial charge < -0.3 is 0 Å². The molecule has 0 amide bonds. The maximum Gasteiger partial charge on any atom is 0.178 e. The molecule has 0 bridgehead atoms. The van der Waals surface area contributed by atoms with E-state index in [1.807, 2.05) is 36.4 Å². The normalized spacial score (nSPS) is 12.1. The largest absolute Gasteiger partial charge is 0.290 e. The van der Waals surface area contributed by atoms with Gasteiger partial charge in [-0.2, -0.15) is 0 Å². The molecule has 2 aromatic carbocycles. The minimum Gasteiger partial charge on any atom is -0.290 e. The van der Waals surface area contributed by atoms with Crippen LogP contribution in [0.1, 0.15) is 52.7 Å². The lowest BCUT2D eigenvalue weighted by Crippen LogP contribution is -2.12. The summed E-state index contributed by atoms with van der Waals surface area (Å²) in [5.41, 5.74) is 2.62. The molecule has 0 aliphatic heterocycles. The minimum absolute atomic E-state index is 0.0888. The van der Waals surface area contributed by atoms with Crippen molar-refractivity contribution in [3.8, 4) is 11.5 Å². The topological polar surface area (TPSA) is 18.5 Å². The summed E-state index contributed by atoms with van der Waals surface area (Å²) in [6, 6.07) is 16.0. The van der Waals surface area contributed by atoms with E-state index in [1.54, 1.807) is 0 Å². The first-order chi connectivity index (χ1) is 10.2. The Labute approximate surface area is 134 Å². The van der Waals surface area contributed by atoms with Gasteiger partial charge in [0.2, 0.25) is 0 Å². The van der Waals surface area contributed by atoms with Gasteiger partial charge in [0.25, 0.3) is 0 Å². The molecule has 22 heavy (non-hydrogen) atoms. The molecule has 0 spiro atoms. The van der Waals surface area contributed by atoms with E-state index in [2.05, 4.69) is 53.7 Å². The Balaban J connectivity index is 2.11. The highest BCUT2D eigenvalue weighted by atomic mass is 17.2. The van der Waals surface area contributed by atoms with Gasteiger partial charge in [-0.3, -0.25) is 9.78 Å². The molecule has 118 valence electrons. The van der Waals surface area contributed by atoms with Gasteiger partial charge in [-0.15, -0.1) is 0 Å². The van der Waals surface area contributed by atoms with Crippen LogP contribution in [0.15, 0.2) is 48.5 Å². The zero-order valence-electron chi connectivity index (χ0n) is 14.4. The monoisotopic (exact) mass is 298 g/mol. The molecular formula is C20H26O2. The Morgan fingerprint density at radius 2 is 0.955 bits per heavy atom. The van der Waals surface area contributed by atoms with E-state index in [0.29, 0.717) is 11.5 Å². The Kier molecular flexibility index (Phi) is 4.50. The summed E-state index contributed by atoms with van der Waals surface area (Å²) in [5, 5.41) is 0. The molecule has 2 aromatic rings. The van der Waals surface area contributed by atoms with Crippen LogP contribution in [0, 0.1) is 0 Å². The molecule has 0 aliphatic carbocycles. The lowest BCUT2D eigenvalue weighted by Gasteiger charge is -2.20. The maximum absolute atomic E-state index is 5.50. The van der Waals surface area contributed by atoms with Crippen molar-refractivity contribution in [1.29, 1.82) is 0 Å². The van der Waals surface area contributed by atoms with Crippen LogP contribution in [0.4, 0.5) is 0 Å². The van der Waals surface area contributed by atoms with Gasteiger partial charge in [-0.25, -0.2) is 0 Å². The highest BCUT2D eigenvalue weighted by molar-refractivity contribution is 5.34. The minimum atomic E-state index is 0.0888. The highest BCUT2D eigenvalue weighted by Gasteiger charge is 2.15. The first kappa shape index (κ1) is 16.4. The van der Waals surface area contributed by atoms with Crippen LogP contribution in [0.3, 0.4) is 0 Å². The molecule has 0 atom stereocenters. The summed E-state index contributed by atoms with van der Waals surface area (Å²) >= 11 is 0. The molecule has 2 nitrogen and oxygen atoms in total. The number of hydrogen-bond acceptors (Lipinski definition) is 2. The summed E-state index contributed by atoms with van der Waals surface area (Å²) in [4.78, 5) is 11.0. The Morgan fingerprint density at radius 1 is 0.591 bits per heavy atom. The fraction of sp³-hybridized carbons (Fsp3) is 0.400. The SMILES string of the molecule is CC(C)(C)c1cccc(OOc2cccc(C(C)(C)C)c2)c1. The first-order valence-corrected chi connectivity index (χ1v) is 7.72. The molecule has 0 unspecified atom stereocenters. The quantitative estimate of drug-likeness (QED) is 0.538.